The second kappa shape index (κ2) is 5.30. The van der Waals surface area contributed by atoms with Gasteiger partial charge in [-0.25, -0.2) is 4.39 Å². The van der Waals surface area contributed by atoms with E-state index in [-0.39, 0.29) is 22.9 Å². The van der Waals surface area contributed by atoms with Gasteiger partial charge < -0.3 is 5.11 Å². The van der Waals surface area contributed by atoms with Gasteiger partial charge in [0.2, 0.25) is 0 Å². The Labute approximate surface area is 99.0 Å². The smallest absolute Gasteiger partial charge is 0.307 e. The van der Waals surface area contributed by atoms with E-state index in [1.165, 1.54) is 12.1 Å². The van der Waals surface area contributed by atoms with Gasteiger partial charge in [-0.2, -0.15) is 0 Å². The summed E-state index contributed by atoms with van der Waals surface area (Å²) >= 11 is 5.85. The zero-order chi connectivity index (χ0) is 12.3. The maximum Gasteiger partial charge on any atom is 0.307 e. The van der Waals surface area contributed by atoms with Crippen LogP contribution in [0.3, 0.4) is 0 Å². The SMILES string of the molecule is CC(C)C(Cc1c(F)cccc1Cl)C(=O)O. The van der Waals surface area contributed by atoms with Crippen LogP contribution in [0.1, 0.15) is 19.4 Å². The lowest BCUT2D eigenvalue weighted by molar-refractivity contribution is -0.143. The zero-order valence-corrected chi connectivity index (χ0v) is 9.96. The lowest BCUT2D eigenvalue weighted by Crippen LogP contribution is -2.22. The number of carboxylic acids is 1. The molecule has 0 aliphatic carbocycles. The number of aliphatic carboxylic acids is 1. The van der Waals surface area contributed by atoms with E-state index in [4.69, 9.17) is 16.7 Å². The highest BCUT2D eigenvalue weighted by Crippen LogP contribution is 2.25. The highest BCUT2D eigenvalue weighted by atomic mass is 35.5. The van der Waals surface area contributed by atoms with Crippen molar-refractivity contribution in [3.05, 3.63) is 34.6 Å². The molecule has 0 aliphatic heterocycles. The van der Waals surface area contributed by atoms with E-state index in [1.54, 1.807) is 19.9 Å². The molecule has 88 valence electrons. The van der Waals surface area contributed by atoms with E-state index in [1.807, 2.05) is 0 Å². The first-order valence-corrected chi connectivity index (χ1v) is 5.47. The predicted molar refractivity (Wildman–Crippen MR) is 61.1 cm³/mol. The molecular weight excluding hydrogens is 231 g/mol. The molecule has 1 aromatic rings. The zero-order valence-electron chi connectivity index (χ0n) is 9.21. The first kappa shape index (κ1) is 13.0. The van der Waals surface area contributed by atoms with Crippen molar-refractivity contribution in [3.63, 3.8) is 0 Å². The Morgan fingerprint density at radius 2 is 2.12 bits per heavy atom. The molecule has 0 heterocycles. The van der Waals surface area contributed by atoms with E-state index >= 15 is 0 Å². The number of halogens is 2. The lowest BCUT2D eigenvalue weighted by atomic mass is 9.89. The Morgan fingerprint density at radius 3 is 2.56 bits per heavy atom. The van der Waals surface area contributed by atoms with E-state index in [2.05, 4.69) is 0 Å². The van der Waals surface area contributed by atoms with E-state index in [0.29, 0.717) is 0 Å². The van der Waals surface area contributed by atoms with Crippen molar-refractivity contribution in [1.29, 1.82) is 0 Å². The summed E-state index contributed by atoms with van der Waals surface area (Å²) in [6.07, 6.45) is 0.124. The Hall–Kier alpha value is -1.09. The summed E-state index contributed by atoms with van der Waals surface area (Å²) in [4.78, 5) is 11.0. The molecule has 0 bridgehead atoms. The first-order chi connectivity index (χ1) is 7.43. The van der Waals surface area contributed by atoms with Crippen LogP contribution in [-0.4, -0.2) is 11.1 Å². The summed E-state index contributed by atoms with van der Waals surface area (Å²) in [6, 6.07) is 4.37. The lowest BCUT2D eigenvalue weighted by Gasteiger charge is -2.17. The van der Waals surface area contributed by atoms with Gasteiger partial charge in [0, 0.05) is 10.6 Å². The molecular formula is C12H14ClFO2. The van der Waals surface area contributed by atoms with Gasteiger partial charge in [-0.1, -0.05) is 31.5 Å². The number of rotatable bonds is 4. The Balaban J connectivity index is 2.98. The van der Waals surface area contributed by atoms with Crippen LogP contribution < -0.4 is 0 Å². The molecule has 2 nitrogen and oxygen atoms in total. The van der Waals surface area contributed by atoms with Crippen molar-refractivity contribution in [2.24, 2.45) is 11.8 Å². The predicted octanol–water partition coefficient (Wildman–Crippen LogP) is 3.38. The van der Waals surface area contributed by atoms with Crippen molar-refractivity contribution >= 4 is 17.6 Å². The molecule has 0 fully saturated rings. The third kappa shape index (κ3) is 2.95. The van der Waals surface area contributed by atoms with Crippen molar-refractivity contribution in [2.75, 3.05) is 0 Å². The van der Waals surface area contributed by atoms with E-state index < -0.39 is 17.7 Å². The van der Waals surface area contributed by atoms with Crippen LogP contribution in [-0.2, 0) is 11.2 Å². The van der Waals surface area contributed by atoms with Gasteiger partial charge in [0.05, 0.1) is 5.92 Å². The van der Waals surface area contributed by atoms with E-state index in [0.717, 1.165) is 0 Å². The van der Waals surface area contributed by atoms with Crippen LogP contribution in [0.15, 0.2) is 18.2 Å². The molecule has 0 saturated heterocycles. The molecule has 4 heteroatoms. The Kier molecular flexibility index (Phi) is 4.30. The highest BCUT2D eigenvalue weighted by molar-refractivity contribution is 6.31. The fraction of sp³-hybridized carbons (Fsp3) is 0.417. The number of carboxylic acid groups (broad SMARTS) is 1. The monoisotopic (exact) mass is 244 g/mol. The number of hydrogen-bond acceptors (Lipinski definition) is 1. The summed E-state index contributed by atoms with van der Waals surface area (Å²) in [6.45, 7) is 3.60. The second-order valence-electron chi connectivity index (χ2n) is 4.09. The van der Waals surface area contributed by atoms with Crippen molar-refractivity contribution in [2.45, 2.75) is 20.3 Å². The number of benzene rings is 1. The average molecular weight is 245 g/mol. The van der Waals surface area contributed by atoms with Crippen LogP contribution in [0.4, 0.5) is 4.39 Å². The van der Waals surface area contributed by atoms with Gasteiger partial charge in [-0.3, -0.25) is 4.79 Å². The Morgan fingerprint density at radius 1 is 1.50 bits per heavy atom. The minimum absolute atomic E-state index is 0.0619. The van der Waals surface area contributed by atoms with Crippen LogP contribution in [0, 0.1) is 17.7 Å². The maximum absolute atomic E-state index is 13.5. The molecule has 1 unspecified atom stereocenters. The van der Waals surface area contributed by atoms with Crippen LogP contribution in [0.25, 0.3) is 0 Å². The average Bonchev–Trinajstić information content (AvgIpc) is 2.15. The molecule has 16 heavy (non-hydrogen) atoms. The molecule has 0 aliphatic rings. The van der Waals surface area contributed by atoms with Crippen LogP contribution in [0.5, 0.6) is 0 Å². The first-order valence-electron chi connectivity index (χ1n) is 5.09. The number of carbonyl (C=O) groups is 1. The minimum atomic E-state index is -0.922. The molecule has 0 saturated carbocycles. The summed E-state index contributed by atoms with van der Waals surface area (Å²) in [7, 11) is 0. The van der Waals surface area contributed by atoms with Crippen molar-refractivity contribution in [1.82, 2.24) is 0 Å². The maximum atomic E-state index is 13.5. The quantitative estimate of drug-likeness (QED) is 0.882. The van der Waals surface area contributed by atoms with Crippen LogP contribution in [0.2, 0.25) is 5.02 Å². The molecule has 1 N–H and O–H groups in total. The van der Waals surface area contributed by atoms with Gasteiger partial charge in [0.15, 0.2) is 0 Å². The van der Waals surface area contributed by atoms with Gasteiger partial charge in [-0.05, 0) is 24.5 Å². The van der Waals surface area contributed by atoms with Gasteiger partial charge in [-0.15, -0.1) is 0 Å². The van der Waals surface area contributed by atoms with Crippen LogP contribution >= 0.6 is 11.6 Å². The van der Waals surface area contributed by atoms with Gasteiger partial charge in [0.25, 0.3) is 0 Å². The highest BCUT2D eigenvalue weighted by Gasteiger charge is 2.24. The molecule has 1 rings (SSSR count). The fourth-order valence-electron chi connectivity index (χ4n) is 1.56. The Bertz CT molecular complexity index is 370. The standard InChI is InChI=1S/C12H14ClFO2/c1-7(2)8(12(15)16)6-9-10(13)4-3-5-11(9)14/h3-5,7-8H,6H2,1-2H3,(H,15,16). The van der Waals surface area contributed by atoms with E-state index in [9.17, 15) is 9.18 Å². The summed E-state index contributed by atoms with van der Waals surface area (Å²) in [5.74, 6) is -2.05. The van der Waals surface area contributed by atoms with Crippen molar-refractivity contribution < 1.29 is 14.3 Å². The summed E-state index contributed by atoms with van der Waals surface area (Å²) in [5.41, 5.74) is 0.283. The molecule has 1 aromatic carbocycles. The normalized spacial score (nSPS) is 12.8. The molecule has 0 radical (unpaired) electrons. The molecule has 0 spiro atoms. The number of hydrogen-bond donors (Lipinski definition) is 1. The fourth-order valence-corrected chi connectivity index (χ4v) is 1.80. The van der Waals surface area contributed by atoms with Crippen molar-refractivity contribution in [3.8, 4) is 0 Å². The third-order valence-electron chi connectivity index (χ3n) is 2.61. The van der Waals surface area contributed by atoms with Gasteiger partial charge in [0.1, 0.15) is 5.82 Å². The molecule has 0 amide bonds. The molecule has 0 aromatic heterocycles. The summed E-state index contributed by atoms with van der Waals surface area (Å²) in [5, 5.41) is 9.31. The van der Waals surface area contributed by atoms with Gasteiger partial charge >= 0.3 is 5.97 Å². The largest absolute Gasteiger partial charge is 0.481 e. The molecule has 1 atom stereocenters. The topological polar surface area (TPSA) is 37.3 Å². The minimum Gasteiger partial charge on any atom is -0.481 e. The summed E-state index contributed by atoms with van der Waals surface area (Å²) < 4.78 is 13.5. The second-order valence-corrected chi connectivity index (χ2v) is 4.50. The third-order valence-corrected chi connectivity index (χ3v) is 2.96.